The zero-order valence-corrected chi connectivity index (χ0v) is 27.0. The van der Waals surface area contributed by atoms with Crippen LogP contribution in [0.5, 0.6) is 0 Å². The number of nitriles is 1. The van der Waals surface area contributed by atoms with Crippen LogP contribution in [0.4, 0.5) is 0 Å². The van der Waals surface area contributed by atoms with E-state index >= 15 is 0 Å². The Morgan fingerprint density at radius 1 is 1.12 bits per heavy atom. The predicted octanol–water partition coefficient (Wildman–Crippen LogP) is 7.69. The lowest BCUT2D eigenvalue weighted by atomic mass is 9.44. The number of amides is 1. The van der Waals surface area contributed by atoms with Gasteiger partial charge in [-0.15, -0.1) is 0 Å². The molecule has 0 heterocycles. The maximum absolute atomic E-state index is 13.3. The Balaban J connectivity index is 2.51. The highest BCUT2D eigenvalue weighted by Crippen LogP contribution is 2.65. The summed E-state index contributed by atoms with van der Waals surface area (Å²) in [7, 11) is 1.47. The van der Waals surface area contributed by atoms with Gasteiger partial charge in [0.05, 0.1) is 12.7 Å². The molecule has 1 saturated carbocycles. The maximum Gasteiger partial charge on any atom is 0.249 e. The minimum Gasteiger partial charge on any atom is -0.295 e. The van der Waals surface area contributed by atoms with Crippen molar-refractivity contribution in [3.8, 4) is 6.07 Å². The van der Waals surface area contributed by atoms with Gasteiger partial charge in [0.25, 0.3) is 0 Å². The second kappa shape index (κ2) is 12.3. The van der Waals surface area contributed by atoms with Crippen molar-refractivity contribution in [1.29, 1.82) is 5.26 Å². The van der Waals surface area contributed by atoms with Crippen molar-refractivity contribution in [2.75, 3.05) is 7.11 Å². The molecule has 1 amide bonds. The zero-order valence-electron chi connectivity index (χ0n) is 27.0. The first kappa shape index (κ1) is 33.9. The summed E-state index contributed by atoms with van der Waals surface area (Å²) in [6.07, 6.45) is 10.6. The summed E-state index contributed by atoms with van der Waals surface area (Å²) in [4.78, 5) is 44.0. The van der Waals surface area contributed by atoms with Crippen molar-refractivity contribution >= 4 is 17.5 Å². The number of hydrogen-bond acceptors (Lipinski definition) is 5. The first-order chi connectivity index (χ1) is 18.3. The third-order valence-corrected chi connectivity index (χ3v) is 10.9. The number of carbonyl (C=O) groups excluding carboxylic acids is 3. The van der Waals surface area contributed by atoms with Gasteiger partial charge in [0.15, 0.2) is 11.6 Å². The molecule has 40 heavy (non-hydrogen) atoms. The molecule has 2 rings (SSSR count). The molecule has 0 aromatic heterocycles. The highest BCUT2D eigenvalue weighted by molar-refractivity contribution is 6.02. The summed E-state index contributed by atoms with van der Waals surface area (Å²) in [5, 5.41) is 9.78. The molecular weight excluding hydrogens is 500 g/mol. The van der Waals surface area contributed by atoms with E-state index in [0.29, 0.717) is 6.42 Å². The third kappa shape index (κ3) is 6.62. The van der Waals surface area contributed by atoms with Gasteiger partial charge in [-0.3, -0.25) is 19.2 Å². The number of allylic oxidation sites excluding steroid dienone is 4. The Morgan fingerprint density at radius 2 is 1.73 bits per heavy atom. The monoisotopic (exact) mass is 554 g/mol. The van der Waals surface area contributed by atoms with Gasteiger partial charge in [-0.25, -0.2) is 5.48 Å². The summed E-state index contributed by atoms with van der Waals surface area (Å²) in [5.74, 6) is -0.469. The second-order valence-electron chi connectivity index (χ2n) is 14.7. The van der Waals surface area contributed by atoms with Gasteiger partial charge in [-0.05, 0) is 80.1 Å². The van der Waals surface area contributed by atoms with Crippen LogP contribution in [-0.4, -0.2) is 24.6 Å². The molecule has 1 N–H and O–H groups in total. The van der Waals surface area contributed by atoms with E-state index < -0.39 is 10.8 Å². The summed E-state index contributed by atoms with van der Waals surface area (Å²) >= 11 is 0. The van der Waals surface area contributed by atoms with Gasteiger partial charge in [-0.1, -0.05) is 80.4 Å². The molecule has 0 spiro atoms. The zero-order chi connectivity index (χ0) is 30.7. The summed E-state index contributed by atoms with van der Waals surface area (Å²) in [6, 6.07) is 2.13. The van der Waals surface area contributed by atoms with E-state index in [2.05, 4.69) is 60.0 Å². The molecule has 2 aliphatic rings. The van der Waals surface area contributed by atoms with E-state index in [4.69, 9.17) is 4.84 Å². The molecule has 0 unspecified atom stereocenters. The molecule has 6 nitrogen and oxygen atoms in total. The van der Waals surface area contributed by atoms with Gasteiger partial charge in [0.2, 0.25) is 5.91 Å². The molecule has 0 radical (unpaired) electrons. The minimum atomic E-state index is -0.611. The summed E-state index contributed by atoms with van der Waals surface area (Å²) in [5.41, 5.74) is 2.13. The van der Waals surface area contributed by atoms with E-state index in [9.17, 15) is 19.6 Å². The Kier molecular flexibility index (Phi) is 10.4. The number of Topliss-reactive ketones (excluding diaryl/α,β-unsaturated/α-hetero) is 1. The van der Waals surface area contributed by atoms with E-state index in [1.54, 1.807) is 13.0 Å². The Morgan fingerprint density at radius 3 is 2.25 bits per heavy atom. The molecule has 224 valence electrons. The van der Waals surface area contributed by atoms with Crippen LogP contribution in [0.15, 0.2) is 23.3 Å². The molecule has 0 bridgehead atoms. The second-order valence-corrected chi connectivity index (χ2v) is 14.7. The number of nitrogens with one attached hydrogen (secondary N) is 1. The van der Waals surface area contributed by atoms with E-state index in [1.807, 2.05) is 19.9 Å². The number of hydroxylamine groups is 1. The fraction of sp³-hybridized carbons (Fsp3) is 0.765. The maximum atomic E-state index is 13.3. The first-order valence-corrected chi connectivity index (χ1v) is 15.1. The predicted molar refractivity (Wildman–Crippen MR) is 160 cm³/mol. The number of hydrogen-bond donors (Lipinski definition) is 1. The van der Waals surface area contributed by atoms with Crippen molar-refractivity contribution in [3.05, 3.63) is 23.3 Å². The van der Waals surface area contributed by atoms with Crippen LogP contribution in [0.1, 0.15) is 121 Å². The van der Waals surface area contributed by atoms with Crippen LogP contribution in [0, 0.1) is 50.2 Å². The lowest BCUT2D eigenvalue weighted by molar-refractivity contribution is -0.143. The van der Waals surface area contributed by atoms with Crippen LogP contribution in [0.2, 0.25) is 0 Å². The Hall–Kier alpha value is -2.26. The van der Waals surface area contributed by atoms with Crippen LogP contribution < -0.4 is 5.48 Å². The Bertz CT molecular complexity index is 1090. The topological polar surface area (TPSA) is 96.3 Å². The van der Waals surface area contributed by atoms with E-state index in [0.717, 1.165) is 50.5 Å². The molecule has 0 saturated heterocycles. The van der Waals surface area contributed by atoms with E-state index in [1.165, 1.54) is 7.11 Å². The molecule has 2 aliphatic carbocycles. The molecule has 0 aromatic carbocycles. The Labute approximate surface area is 243 Å². The van der Waals surface area contributed by atoms with Crippen LogP contribution in [0.3, 0.4) is 0 Å². The van der Waals surface area contributed by atoms with Crippen molar-refractivity contribution in [2.24, 2.45) is 38.9 Å². The van der Waals surface area contributed by atoms with Gasteiger partial charge in [0, 0.05) is 16.7 Å². The number of ketones is 2. The third-order valence-electron chi connectivity index (χ3n) is 10.9. The molecule has 6 heteroatoms. The molecule has 0 aromatic rings. The van der Waals surface area contributed by atoms with Crippen LogP contribution in [-0.2, 0) is 19.2 Å². The molecular formula is C34H54N2O4. The first-order valence-electron chi connectivity index (χ1n) is 15.1. The normalized spacial score (nSPS) is 29.7. The highest BCUT2D eigenvalue weighted by atomic mass is 16.6. The number of fused-ring (bicyclic) bond motifs is 1. The lowest BCUT2D eigenvalue weighted by Gasteiger charge is -2.59. The lowest BCUT2D eigenvalue weighted by Crippen LogP contribution is -2.53. The van der Waals surface area contributed by atoms with Crippen LogP contribution in [0.25, 0.3) is 0 Å². The van der Waals surface area contributed by atoms with Crippen LogP contribution >= 0.6 is 0 Å². The average molecular weight is 555 g/mol. The number of rotatable bonds is 12. The van der Waals surface area contributed by atoms with Gasteiger partial charge in [0.1, 0.15) is 6.07 Å². The highest BCUT2D eigenvalue weighted by Gasteiger charge is 2.58. The SMILES string of the molecule is CCCC(C)(C)CC[C@@](C)(CCC(C)(C)[C@]1(C)CC[C@H]2[C@H](C)C(=O)C(C#N)=C[C@]2(C)/C1=C/C(C)=O)C(=O)NOC. The standard InChI is InChI=1S/C34H54N2O4/c1-12-14-30(4,5)16-18-32(8,29(39)36-40-11)19-17-31(6,7)34(10)15-13-26-24(3)28(38)25(22-35)21-33(26,9)27(34)20-23(2)37/h20-21,24,26H,12-19H2,1-11H3,(H,36,39)/b27-20-/t24-,26-,32-,33-,34+/m0/s1. The van der Waals surface area contributed by atoms with Crippen molar-refractivity contribution < 1.29 is 19.2 Å². The molecule has 5 atom stereocenters. The number of carbonyl (C=O) groups is 3. The van der Waals surface area contributed by atoms with Crippen molar-refractivity contribution in [2.45, 2.75) is 121 Å². The van der Waals surface area contributed by atoms with Crippen molar-refractivity contribution in [3.63, 3.8) is 0 Å². The largest absolute Gasteiger partial charge is 0.295 e. The smallest absolute Gasteiger partial charge is 0.249 e. The number of nitrogens with zero attached hydrogens (tertiary/aromatic N) is 1. The summed E-state index contributed by atoms with van der Waals surface area (Å²) < 4.78 is 0. The van der Waals surface area contributed by atoms with Gasteiger partial charge in [-0.2, -0.15) is 5.26 Å². The summed E-state index contributed by atoms with van der Waals surface area (Å²) in [6.45, 7) is 21.1. The average Bonchev–Trinajstić information content (AvgIpc) is 2.86. The molecule has 1 fully saturated rings. The minimum absolute atomic E-state index is 0.0298. The van der Waals surface area contributed by atoms with Crippen molar-refractivity contribution in [1.82, 2.24) is 5.48 Å². The van der Waals surface area contributed by atoms with Gasteiger partial charge < -0.3 is 0 Å². The fourth-order valence-electron chi connectivity index (χ4n) is 7.58. The quantitative estimate of drug-likeness (QED) is 0.197. The fourth-order valence-corrected chi connectivity index (χ4v) is 7.58. The van der Waals surface area contributed by atoms with Gasteiger partial charge >= 0.3 is 0 Å². The molecule has 0 aliphatic heterocycles. The van der Waals surface area contributed by atoms with E-state index in [-0.39, 0.29) is 51.1 Å².